The van der Waals surface area contributed by atoms with Gasteiger partial charge in [0.05, 0.1) is 28.9 Å². The molecule has 0 radical (unpaired) electrons. The van der Waals surface area contributed by atoms with E-state index in [9.17, 15) is 4.79 Å². The van der Waals surface area contributed by atoms with Gasteiger partial charge in [-0.3, -0.25) is 4.79 Å². The van der Waals surface area contributed by atoms with Crippen LogP contribution in [0.15, 0.2) is 42.5 Å². The number of benzene rings is 2. The van der Waals surface area contributed by atoms with Gasteiger partial charge in [0.25, 0.3) is 0 Å². The molecule has 4 nitrogen and oxygen atoms in total. The summed E-state index contributed by atoms with van der Waals surface area (Å²) in [6, 6.07) is 12.6. The smallest absolute Gasteiger partial charge is 0.243 e. The zero-order chi connectivity index (χ0) is 18.2. The first-order valence-corrected chi connectivity index (χ1v) is 8.92. The molecule has 0 aliphatic rings. The zero-order valence-corrected chi connectivity index (χ0v) is 15.8. The summed E-state index contributed by atoms with van der Waals surface area (Å²) in [5.74, 6) is 1.23. The van der Waals surface area contributed by atoms with E-state index < -0.39 is 0 Å². The Bertz CT molecular complexity index is 703. The Balaban J connectivity index is 1.80. The first kappa shape index (κ1) is 19.4. The summed E-state index contributed by atoms with van der Waals surface area (Å²) >= 11 is 12.0. The molecule has 0 bridgehead atoms. The van der Waals surface area contributed by atoms with E-state index in [0.717, 1.165) is 17.9 Å². The number of carbonyl (C=O) groups excluding carboxylic acids is 1. The van der Waals surface area contributed by atoms with Crippen molar-refractivity contribution in [1.82, 2.24) is 0 Å². The molecule has 2 aromatic carbocycles. The van der Waals surface area contributed by atoms with Gasteiger partial charge >= 0.3 is 0 Å². The summed E-state index contributed by atoms with van der Waals surface area (Å²) in [6.07, 6.45) is 1.02. The molecule has 0 unspecified atom stereocenters. The topological polar surface area (TPSA) is 50.4 Å². The molecule has 2 aromatic rings. The number of hydrogen-bond acceptors (Lipinski definition) is 3. The fourth-order valence-corrected chi connectivity index (χ4v) is 2.41. The number of nitrogens with one attached hydrogen (secondary N) is 2. The van der Waals surface area contributed by atoms with Crippen LogP contribution in [0.1, 0.15) is 20.3 Å². The Morgan fingerprint density at radius 2 is 1.84 bits per heavy atom. The minimum Gasteiger partial charge on any atom is -0.494 e. The lowest BCUT2D eigenvalue weighted by Crippen LogP contribution is -2.21. The van der Waals surface area contributed by atoms with Crippen molar-refractivity contribution >= 4 is 40.5 Å². The number of hydrogen-bond donors (Lipinski definition) is 2. The predicted octanol–water partition coefficient (Wildman–Crippen LogP) is 5.47. The van der Waals surface area contributed by atoms with Gasteiger partial charge in [0, 0.05) is 5.69 Å². The van der Waals surface area contributed by atoms with Gasteiger partial charge in [-0.2, -0.15) is 0 Å². The van der Waals surface area contributed by atoms with E-state index in [2.05, 4.69) is 24.5 Å². The standard InChI is InChI=1S/C19H22Cl2N2O2/c1-13(2)10-11-25-15-8-6-14(7-9-15)22-12-18(24)23-17-5-3-4-16(20)19(17)21/h3-9,13,22H,10-12H2,1-2H3,(H,23,24). The third-order valence-electron chi connectivity index (χ3n) is 3.50. The molecule has 0 saturated carbocycles. The quantitative estimate of drug-likeness (QED) is 0.638. The van der Waals surface area contributed by atoms with Crippen LogP contribution < -0.4 is 15.4 Å². The first-order chi connectivity index (χ1) is 12.0. The predicted molar refractivity (Wildman–Crippen MR) is 105 cm³/mol. The maximum absolute atomic E-state index is 12.0. The molecular weight excluding hydrogens is 359 g/mol. The average Bonchev–Trinajstić information content (AvgIpc) is 2.58. The molecule has 0 saturated heterocycles. The van der Waals surface area contributed by atoms with Gasteiger partial charge in [0.1, 0.15) is 5.75 Å². The van der Waals surface area contributed by atoms with Crippen molar-refractivity contribution in [2.75, 3.05) is 23.8 Å². The van der Waals surface area contributed by atoms with Crippen molar-refractivity contribution in [1.29, 1.82) is 0 Å². The number of carbonyl (C=O) groups is 1. The summed E-state index contributed by atoms with van der Waals surface area (Å²) < 4.78 is 5.67. The van der Waals surface area contributed by atoms with Crippen LogP contribution in [0, 0.1) is 5.92 Å². The molecule has 25 heavy (non-hydrogen) atoms. The second-order valence-electron chi connectivity index (χ2n) is 6.06. The van der Waals surface area contributed by atoms with Gasteiger partial charge in [-0.25, -0.2) is 0 Å². The van der Waals surface area contributed by atoms with Crippen molar-refractivity contribution in [3.05, 3.63) is 52.5 Å². The molecule has 6 heteroatoms. The fourth-order valence-electron chi connectivity index (χ4n) is 2.06. The Morgan fingerprint density at radius 3 is 2.52 bits per heavy atom. The van der Waals surface area contributed by atoms with Crippen LogP contribution in [0.5, 0.6) is 5.75 Å². The largest absolute Gasteiger partial charge is 0.494 e. The third kappa shape index (κ3) is 6.48. The van der Waals surface area contributed by atoms with E-state index in [1.807, 2.05) is 24.3 Å². The molecule has 2 rings (SSSR count). The van der Waals surface area contributed by atoms with E-state index in [4.69, 9.17) is 27.9 Å². The molecule has 0 fully saturated rings. The summed E-state index contributed by atoms with van der Waals surface area (Å²) in [4.78, 5) is 12.0. The lowest BCUT2D eigenvalue weighted by Gasteiger charge is -2.11. The Morgan fingerprint density at radius 1 is 1.12 bits per heavy atom. The number of amides is 1. The summed E-state index contributed by atoms with van der Waals surface area (Å²) in [7, 11) is 0. The van der Waals surface area contributed by atoms with Crippen molar-refractivity contribution in [3.63, 3.8) is 0 Å². The summed E-state index contributed by atoms with van der Waals surface area (Å²) in [5, 5.41) is 6.52. The minimum atomic E-state index is -0.207. The monoisotopic (exact) mass is 380 g/mol. The van der Waals surface area contributed by atoms with Crippen molar-refractivity contribution < 1.29 is 9.53 Å². The van der Waals surface area contributed by atoms with Gasteiger partial charge in [0.2, 0.25) is 5.91 Å². The van der Waals surface area contributed by atoms with E-state index in [1.165, 1.54) is 0 Å². The molecule has 2 N–H and O–H groups in total. The van der Waals surface area contributed by atoms with Gasteiger partial charge in [-0.1, -0.05) is 43.1 Å². The first-order valence-electron chi connectivity index (χ1n) is 8.16. The highest BCUT2D eigenvalue weighted by Gasteiger charge is 2.08. The number of anilines is 2. The highest BCUT2D eigenvalue weighted by Crippen LogP contribution is 2.29. The van der Waals surface area contributed by atoms with E-state index in [1.54, 1.807) is 18.2 Å². The maximum atomic E-state index is 12.0. The lowest BCUT2D eigenvalue weighted by atomic mass is 10.1. The highest BCUT2D eigenvalue weighted by molar-refractivity contribution is 6.44. The highest BCUT2D eigenvalue weighted by atomic mass is 35.5. The minimum absolute atomic E-state index is 0.121. The lowest BCUT2D eigenvalue weighted by molar-refractivity contribution is -0.114. The van der Waals surface area contributed by atoms with E-state index in [0.29, 0.717) is 28.3 Å². The van der Waals surface area contributed by atoms with E-state index in [-0.39, 0.29) is 12.5 Å². The molecular formula is C19H22Cl2N2O2. The third-order valence-corrected chi connectivity index (χ3v) is 4.32. The zero-order valence-electron chi connectivity index (χ0n) is 14.3. The Kier molecular flexibility index (Phi) is 7.41. The Hall–Kier alpha value is -1.91. The van der Waals surface area contributed by atoms with E-state index >= 15 is 0 Å². The van der Waals surface area contributed by atoms with Crippen LogP contribution in [0.3, 0.4) is 0 Å². The molecule has 0 heterocycles. The summed E-state index contributed by atoms with van der Waals surface area (Å²) in [5.41, 5.74) is 1.33. The van der Waals surface area contributed by atoms with Crippen LogP contribution in [-0.4, -0.2) is 19.1 Å². The van der Waals surface area contributed by atoms with Crippen LogP contribution in [0.4, 0.5) is 11.4 Å². The number of rotatable bonds is 8. The normalized spacial score (nSPS) is 10.6. The van der Waals surface area contributed by atoms with Crippen molar-refractivity contribution in [2.24, 2.45) is 5.92 Å². The number of halogens is 2. The van der Waals surface area contributed by atoms with Gasteiger partial charge in [0.15, 0.2) is 0 Å². The second kappa shape index (κ2) is 9.54. The number of ether oxygens (including phenoxy) is 1. The molecule has 0 aliphatic heterocycles. The van der Waals surface area contributed by atoms with Crippen LogP contribution in [-0.2, 0) is 4.79 Å². The van der Waals surface area contributed by atoms with Gasteiger partial charge < -0.3 is 15.4 Å². The average molecular weight is 381 g/mol. The fraction of sp³-hybridized carbons (Fsp3) is 0.316. The SMILES string of the molecule is CC(C)CCOc1ccc(NCC(=O)Nc2cccc(Cl)c2Cl)cc1. The molecule has 0 aliphatic carbocycles. The molecule has 0 aromatic heterocycles. The second-order valence-corrected chi connectivity index (χ2v) is 6.84. The van der Waals surface area contributed by atoms with Crippen LogP contribution in [0.25, 0.3) is 0 Å². The Labute approximate surface area is 158 Å². The van der Waals surface area contributed by atoms with Crippen LogP contribution >= 0.6 is 23.2 Å². The summed E-state index contributed by atoms with van der Waals surface area (Å²) in [6.45, 7) is 5.15. The van der Waals surface area contributed by atoms with Crippen molar-refractivity contribution in [2.45, 2.75) is 20.3 Å². The maximum Gasteiger partial charge on any atom is 0.243 e. The molecule has 1 amide bonds. The molecule has 134 valence electrons. The van der Waals surface area contributed by atoms with Gasteiger partial charge in [-0.05, 0) is 48.7 Å². The van der Waals surface area contributed by atoms with Gasteiger partial charge in [-0.15, -0.1) is 0 Å². The molecule has 0 spiro atoms. The van der Waals surface area contributed by atoms with Crippen LogP contribution in [0.2, 0.25) is 10.0 Å². The van der Waals surface area contributed by atoms with Crippen molar-refractivity contribution in [3.8, 4) is 5.75 Å². The molecule has 0 atom stereocenters.